The van der Waals surface area contributed by atoms with Crippen molar-refractivity contribution in [1.82, 2.24) is 0 Å². The third-order valence-electron chi connectivity index (χ3n) is 2.88. The Morgan fingerprint density at radius 2 is 2.00 bits per heavy atom. The Morgan fingerprint density at radius 3 is 2.62 bits per heavy atom. The number of aldehydes is 1. The highest BCUT2D eigenvalue weighted by atomic mass is 19.1. The van der Waals surface area contributed by atoms with E-state index < -0.39 is 5.82 Å². The summed E-state index contributed by atoms with van der Waals surface area (Å²) < 4.78 is 24.3. The van der Waals surface area contributed by atoms with Crippen LogP contribution in [0.1, 0.15) is 21.5 Å². The molecule has 2 rings (SSSR count). The fourth-order valence-corrected chi connectivity index (χ4v) is 1.83. The van der Waals surface area contributed by atoms with E-state index in [0.29, 0.717) is 23.2 Å². The van der Waals surface area contributed by atoms with Gasteiger partial charge in [0.25, 0.3) is 0 Å². The van der Waals surface area contributed by atoms with Crippen LogP contribution in [0, 0.1) is 17.1 Å². The molecule has 0 bridgehead atoms. The maximum Gasteiger partial charge on any atom is 0.166 e. The number of hydrogen-bond donors (Lipinski definition) is 0. The smallest absolute Gasteiger partial charge is 0.166 e. The number of nitrogens with zero attached hydrogens (tertiary/aromatic N) is 1. The molecule has 0 unspecified atom stereocenters. The summed E-state index contributed by atoms with van der Waals surface area (Å²) in [5.74, 6) is -0.0261. The predicted octanol–water partition coefficient (Wildman–Crippen LogP) is 3.10. The van der Waals surface area contributed by atoms with Crippen LogP contribution in [0.15, 0.2) is 36.4 Å². The molecule has 106 valence electrons. The Labute approximate surface area is 121 Å². The van der Waals surface area contributed by atoms with Gasteiger partial charge in [-0.1, -0.05) is 0 Å². The van der Waals surface area contributed by atoms with Gasteiger partial charge in [-0.25, -0.2) is 4.39 Å². The summed E-state index contributed by atoms with van der Waals surface area (Å²) >= 11 is 0. The molecule has 0 amide bonds. The highest BCUT2D eigenvalue weighted by Crippen LogP contribution is 2.23. The second-order valence-electron chi connectivity index (χ2n) is 4.23. The van der Waals surface area contributed by atoms with Crippen molar-refractivity contribution in [3.05, 3.63) is 58.9 Å². The molecule has 0 aliphatic rings. The summed E-state index contributed by atoms with van der Waals surface area (Å²) in [5.41, 5.74) is 1.33. The van der Waals surface area contributed by atoms with Gasteiger partial charge in [-0.05, 0) is 36.4 Å². The van der Waals surface area contributed by atoms with Crippen molar-refractivity contribution in [2.45, 2.75) is 6.61 Å². The average Bonchev–Trinajstić information content (AvgIpc) is 2.53. The molecule has 0 radical (unpaired) electrons. The highest BCUT2D eigenvalue weighted by Gasteiger charge is 2.09. The topological polar surface area (TPSA) is 59.3 Å². The van der Waals surface area contributed by atoms with Gasteiger partial charge in [0.15, 0.2) is 11.6 Å². The largest absolute Gasteiger partial charge is 0.496 e. The Kier molecular flexibility index (Phi) is 4.52. The van der Waals surface area contributed by atoms with Gasteiger partial charge >= 0.3 is 0 Å². The molecule has 0 aromatic heterocycles. The first-order chi connectivity index (χ1) is 10.2. The van der Waals surface area contributed by atoms with E-state index in [1.54, 1.807) is 18.2 Å². The van der Waals surface area contributed by atoms with E-state index >= 15 is 0 Å². The number of nitriles is 1. The minimum atomic E-state index is -0.612. The van der Waals surface area contributed by atoms with Gasteiger partial charge < -0.3 is 9.47 Å². The van der Waals surface area contributed by atoms with Crippen LogP contribution in [0.5, 0.6) is 11.5 Å². The zero-order chi connectivity index (χ0) is 15.2. The van der Waals surface area contributed by atoms with Crippen LogP contribution in [0.2, 0.25) is 0 Å². The molecule has 5 heteroatoms. The van der Waals surface area contributed by atoms with Gasteiger partial charge in [0, 0.05) is 11.1 Å². The molecule has 21 heavy (non-hydrogen) atoms. The number of hydrogen-bond acceptors (Lipinski definition) is 4. The van der Waals surface area contributed by atoms with E-state index in [9.17, 15) is 9.18 Å². The third-order valence-corrected chi connectivity index (χ3v) is 2.88. The normalized spacial score (nSPS) is 9.76. The zero-order valence-electron chi connectivity index (χ0n) is 11.3. The Morgan fingerprint density at radius 1 is 1.24 bits per heavy atom. The van der Waals surface area contributed by atoms with Crippen molar-refractivity contribution >= 4 is 6.29 Å². The lowest BCUT2D eigenvalue weighted by Crippen LogP contribution is -2.01. The van der Waals surface area contributed by atoms with E-state index in [1.165, 1.54) is 19.2 Å². The second kappa shape index (κ2) is 6.53. The summed E-state index contributed by atoms with van der Waals surface area (Å²) in [6.45, 7) is 0.0493. The number of benzene rings is 2. The summed E-state index contributed by atoms with van der Waals surface area (Å²) in [7, 11) is 1.50. The number of rotatable bonds is 5. The van der Waals surface area contributed by atoms with E-state index in [-0.39, 0.29) is 17.9 Å². The van der Waals surface area contributed by atoms with Crippen LogP contribution in [-0.2, 0) is 6.61 Å². The van der Waals surface area contributed by atoms with Crippen molar-refractivity contribution in [3.8, 4) is 17.6 Å². The number of ether oxygens (including phenoxy) is 2. The molecule has 4 nitrogen and oxygen atoms in total. The lowest BCUT2D eigenvalue weighted by atomic mass is 10.1. The van der Waals surface area contributed by atoms with Gasteiger partial charge in [-0.3, -0.25) is 4.79 Å². The van der Waals surface area contributed by atoms with Crippen LogP contribution in [0.4, 0.5) is 4.39 Å². The van der Waals surface area contributed by atoms with Gasteiger partial charge in [0.1, 0.15) is 18.6 Å². The van der Waals surface area contributed by atoms with Crippen molar-refractivity contribution in [3.63, 3.8) is 0 Å². The van der Waals surface area contributed by atoms with Crippen LogP contribution in [-0.4, -0.2) is 13.4 Å². The first-order valence-electron chi connectivity index (χ1n) is 6.12. The molecule has 0 aliphatic carbocycles. The molecule has 0 saturated carbocycles. The maximum absolute atomic E-state index is 13.7. The second-order valence-corrected chi connectivity index (χ2v) is 4.23. The maximum atomic E-state index is 13.7. The molecule has 0 N–H and O–H groups in total. The van der Waals surface area contributed by atoms with Crippen LogP contribution < -0.4 is 9.47 Å². The van der Waals surface area contributed by atoms with Gasteiger partial charge in [0.2, 0.25) is 0 Å². The Balaban J connectivity index is 2.20. The van der Waals surface area contributed by atoms with Gasteiger partial charge in [-0.2, -0.15) is 5.26 Å². The number of methoxy groups -OCH3 is 1. The zero-order valence-corrected chi connectivity index (χ0v) is 11.3. The molecule has 0 heterocycles. The first-order valence-corrected chi connectivity index (χ1v) is 6.12. The highest BCUT2D eigenvalue weighted by molar-refractivity contribution is 5.75. The monoisotopic (exact) mass is 285 g/mol. The first kappa shape index (κ1) is 14.5. The van der Waals surface area contributed by atoms with Crippen LogP contribution in [0.3, 0.4) is 0 Å². The quantitative estimate of drug-likeness (QED) is 0.792. The third kappa shape index (κ3) is 3.37. The SMILES string of the molecule is COc1ccc(C=O)cc1COc1ccc(C#N)cc1F. The Hall–Kier alpha value is -2.87. The van der Waals surface area contributed by atoms with E-state index in [2.05, 4.69) is 0 Å². The lowest BCUT2D eigenvalue weighted by Gasteiger charge is -2.11. The molecule has 0 saturated heterocycles. The predicted molar refractivity (Wildman–Crippen MR) is 73.8 cm³/mol. The number of halogens is 1. The van der Waals surface area contributed by atoms with Crippen LogP contribution in [0.25, 0.3) is 0 Å². The molecule has 0 fully saturated rings. The molecule has 0 aliphatic heterocycles. The molecule has 0 spiro atoms. The van der Waals surface area contributed by atoms with E-state index in [4.69, 9.17) is 14.7 Å². The number of carbonyl (C=O) groups is 1. The van der Waals surface area contributed by atoms with Crippen molar-refractivity contribution < 1.29 is 18.7 Å². The van der Waals surface area contributed by atoms with E-state index in [0.717, 1.165) is 6.07 Å². The summed E-state index contributed by atoms with van der Waals surface area (Å²) in [4.78, 5) is 10.8. The van der Waals surface area contributed by atoms with Crippen molar-refractivity contribution in [2.75, 3.05) is 7.11 Å². The Bertz CT molecular complexity index is 707. The molecular formula is C16H12FNO3. The van der Waals surface area contributed by atoms with Crippen LogP contribution >= 0.6 is 0 Å². The van der Waals surface area contributed by atoms with Gasteiger partial charge in [0.05, 0.1) is 18.7 Å². The minimum Gasteiger partial charge on any atom is -0.496 e. The molecule has 2 aromatic rings. The summed E-state index contributed by atoms with van der Waals surface area (Å²) in [5, 5.41) is 8.68. The standard InChI is InChI=1S/C16H12FNO3/c1-20-15-4-3-12(9-19)6-13(15)10-21-16-5-2-11(8-18)7-14(16)17/h2-7,9H,10H2,1H3. The summed E-state index contributed by atoms with van der Waals surface area (Å²) in [6, 6.07) is 10.7. The average molecular weight is 285 g/mol. The molecule has 2 aromatic carbocycles. The van der Waals surface area contributed by atoms with E-state index in [1.807, 2.05) is 6.07 Å². The van der Waals surface area contributed by atoms with Crippen molar-refractivity contribution in [2.24, 2.45) is 0 Å². The minimum absolute atomic E-state index is 0.0348. The molecule has 0 atom stereocenters. The lowest BCUT2D eigenvalue weighted by molar-refractivity contribution is 0.112. The summed E-state index contributed by atoms with van der Waals surface area (Å²) in [6.07, 6.45) is 0.714. The van der Waals surface area contributed by atoms with Gasteiger partial charge in [-0.15, -0.1) is 0 Å². The molecular weight excluding hydrogens is 273 g/mol. The fraction of sp³-hybridized carbons (Fsp3) is 0.125. The number of carbonyl (C=O) groups excluding carboxylic acids is 1. The van der Waals surface area contributed by atoms with Crippen molar-refractivity contribution in [1.29, 1.82) is 5.26 Å². The fourth-order valence-electron chi connectivity index (χ4n) is 1.83.